The van der Waals surface area contributed by atoms with Crippen LogP contribution in [0.4, 0.5) is 0 Å². The number of aromatic nitrogens is 2. The third-order valence-corrected chi connectivity index (χ3v) is 4.89. The fourth-order valence-corrected chi connectivity index (χ4v) is 3.79. The maximum atomic E-state index is 4.47. The van der Waals surface area contributed by atoms with Crippen molar-refractivity contribution in [3.8, 4) is 0 Å². The molecule has 1 aromatic heterocycles. The second-order valence-corrected chi connectivity index (χ2v) is 6.31. The Kier molecular flexibility index (Phi) is 4.78. The molecule has 1 aliphatic heterocycles. The highest BCUT2D eigenvalue weighted by molar-refractivity contribution is 5.80. The molecule has 1 saturated heterocycles. The first-order valence-electron chi connectivity index (χ1n) is 8.30. The van der Waals surface area contributed by atoms with Crippen molar-refractivity contribution in [1.29, 1.82) is 0 Å². The molecule has 1 N–H and O–H groups in total. The summed E-state index contributed by atoms with van der Waals surface area (Å²) >= 11 is 0. The quantitative estimate of drug-likeness (QED) is 0.524. The van der Waals surface area contributed by atoms with Crippen LogP contribution in [0.25, 0.3) is 0 Å². The van der Waals surface area contributed by atoms with Gasteiger partial charge in [-0.2, -0.15) is 5.10 Å². The van der Waals surface area contributed by atoms with E-state index in [1.165, 1.54) is 38.8 Å². The number of hydrogen-bond donors (Lipinski definition) is 1. The number of likely N-dealkylation sites (tertiary alicyclic amines) is 1. The molecule has 2 unspecified atom stereocenters. The van der Waals surface area contributed by atoms with Gasteiger partial charge in [-0.05, 0) is 37.2 Å². The predicted molar refractivity (Wildman–Crippen MR) is 85.2 cm³/mol. The van der Waals surface area contributed by atoms with Gasteiger partial charge in [0.05, 0.1) is 0 Å². The van der Waals surface area contributed by atoms with Crippen molar-refractivity contribution in [2.24, 2.45) is 16.8 Å². The second kappa shape index (κ2) is 6.96. The molecule has 1 saturated carbocycles. The lowest BCUT2D eigenvalue weighted by atomic mass is 9.82. The average molecular weight is 289 g/mol. The molecule has 1 aliphatic carbocycles. The largest absolute Gasteiger partial charge is 0.356 e. The average Bonchev–Trinajstić information content (AvgIpc) is 3.16. The van der Waals surface area contributed by atoms with Crippen LogP contribution in [0.2, 0.25) is 0 Å². The fourth-order valence-electron chi connectivity index (χ4n) is 3.79. The standard InChI is InChI=1S/C16H27N5/c1-17-16(18-8-4-10-21-11-5-9-19-21)20-12-14-6-2-3-7-15(14)13-20/h5,9,11,14-15H,2-4,6-8,10,12-13H2,1H3,(H,17,18). The van der Waals surface area contributed by atoms with Gasteiger partial charge in [-0.1, -0.05) is 12.8 Å². The molecule has 0 spiro atoms. The number of nitrogens with one attached hydrogen (secondary N) is 1. The predicted octanol–water partition coefficient (Wildman–Crippen LogP) is 1.97. The lowest BCUT2D eigenvalue weighted by Crippen LogP contribution is -2.40. The van der Waals surface area contributed by atoms with Gasteiger partial charge in [0, 0.05) is 45.6 Å². The van der Waals surface area contributed by atoms with E-state index in [2.05, 4.69) is 20.3 Å². The van der Waals surface area contributed by atoms with Gasteiger partial charge in [-0.15, -0.1) is 0 Å². The molecular weight excluding hydrogens is 262 g/mol. The van der Waals surface area contributed by atoms with Gasteiger partial charge in [0.25, 0.3) is 0 Å². The van der Waals surface area contributed by atoms with E-state index in [0.717, 1.165) is 37.3 Å². The molecule has 5 heteroatoms. The van der Waals surface area contributed by atoms with Gasteiger partial charge in [-0.25, -0.2) is 0 Å². The Bertz CT molecular complexity index is 439. The molecule has 1 aromatic rings. The molecule has 5 nitrogen and oxygen atoms in total. The van der Waals surface area contributed by atoms with E-state index >= 15 is 0 Å². The van der Waals surface area contributed by atoms with E-state index in [4.69, 9.17) is 0 Å². The number of rotatable bonds is 4. The van der Waals surface area contributed by atoms with Crippen LogP contribution >= 0.6 is 0 Å². The molecule has 2 atom stereocenters. The van der Waals surface area contributed by atoms with Crippen molar-refractivity contribution in [2.45, 2.75) is 38.6 Å². The summed E-state index contributed by atoms with van der Waals surface area (Å²) in [5.74, 6) is 2.90. The molecule has 2 fully saturated rings. The van der Waals surface area contributed by atoms with Gasteiger partial charge in [0.2, 0.25) is 0 Å². The first-order chi connectivity index (χ1) is 10.4. The normalized spacial score (nSPS) is 26.0. The van der Waals surface area contributed by atoms with Gasteiger partial charge < -0.3 is 10.2 Å². The summed E-state index contributed by atoms with van der Waals surface area (Å²) in [4.78, 5) is 6.94. The maximum Gasteiger partial charge on any atom is 0.193 e. The minimum atomic E-state index is 0.904. The molecule has 0 bridgehead atoms. The Morgan fingerprint density at radius 3 is 2.67 bits per heavy atom. The van der Waals surface area contributed by atoms with E-state index < -0.39 is 0 Å². The highest BCUT2D eigenvalue weighted by atomic mass is 15.3. The van der Waals surface area contributed by atoms with Crippen molar-refractivity contribution < 1.29 is 0 Å². The van der Waals surface area contributed by atoms with Crippen LogP contribution in [0.5, 0.6) is 0 Å². The minimum absolute atomic E-state index is 0.904. The molecule has 116 valence electrons. The van der Waals surface area contributed by atoms with Crippen LogP contribution in [0.1, 0.15) is 32.1 Å². The van der Waals surface area contributed by atoms with Gasteiger partial charge >= 0.3 is 0 Å². The summed E-state index contributed by atoms with van der Waals surface area (Å²) in [7, 11) is 1.90. The molecular formula is C16H27N5. The molecule has 2 aliphatic rings. The Hall–Kier alpha value is -1.52. The molecule has 3 rings (SSSR count). The van der Waals surface area contributed by atoms with Crippen LogP contribution in [0.15, 0.2) is 23.5 Å². The molecule has 0 aromatic carbocycles. The Morgan fingerprint density at radius 1 is 1.29 bits per heavy atom. The molecule has 21 heavy (non-hydrogen) atoms. The van der Waals surface area contributed by atoms with Crippen LogP contribution in [0, 0.1) is 11.8 Å². The van der Waals surface area contributed by atoms with Crippen molar-refractivity contribution >= 4 is 5.96 Å². The summed E-state index contributed by atoms with van der Waals surface area (Å²) < 4.78 is 1.98. The lowest BCUT2D eigenvalue weighted by Gasteiger charge is -2.22. The Morgan fingerprint density at radius 2 is 2.05 bits per heavy atom. The van der Waals surface area contributed by atoms with Crippen LogP contribution < -0.4 is 5.32 Å². The van der Waals surface area contributed by atoms with Gasteiger partial charge in [0.1, 0.15) is 0 Å². The van der Waals surface area contributed by atoms with Crippen molar-refractivity contribution in [3.05, 3.63) is 18.5 Å². The molecule has 0 radical (unpaired) electrons. The SMILES string of the molecule is CN=C(NCCCn1cccn1)N1CC2CCCCC2C1. The zero-order valence-electron chi connectivity index (χ0n) is 13.0. The number of hydrogen-bond acceptors (Lipinski definition) is 2. The number of aliphatic imine (C=N–C) groups is 1. The van der Waals surface area contributed by atoms with E-state index in [9.17, 15) is 0 Å². The van der Waals surface area contributed by atoms with Crippen LogP contribution in [-0.2, 0) is 6.54 Å². The molecule has 0 amide bonds. The number of fused-ring (bicyclic) bond motifs is 1. The Balaban J connectivity index is 1.43. The van der Waals surface area contributed by atoms with E-state index in [0.29, 0.717) is 0 Å². The minimum Gasteiger partial charge on any atom is -0.356 e. The monoisotopic (exact) mass is 289 g/mol. The number of aryl methyl sites for hydroxylation is 1. The number of nitrogens with zero attached hydrogens (tertiary/aromatic N) is 4. The highest BCUT2D eigenvalue weighted by Crippen LogP contribution is 2.35. The number of guanidine groups is 1. The smallest absolute Gasteiger partial charge is 0.193 e. The lowest BCUT2D eigenvalue weighted by molar-refractivity contribution is 0.299. The second-order valence-electron chi connectivity index (χ2n) is 6.31. The first kappa shape index (κ1) is 14.4. The Labute approximate surface area is 127 Å². The van der Waals surface area contributed by atoms with E-state index in [1.54, 1.807) is 0 Å². The first-order valence-corrected chi connectivity index (χ1v) is 8.30. The zero-order valence-corrected chi connectivity index (χ0v) is 13.0. The van der Waals surface area contributed by atoms with E-state index in [1.807, 2.05) is 30.2 Å². The van der Waals surface area contributed by atoms with Crippen molar-refractivity contribution in [2.75, 3.05) is 26.7 Å². The third-order valence-electron chi connectivity index (χ3n) is 4.89. The van der Waals surface area contributed by atoms with Crippen molar-refractivity contribution in [1.82, 2.24) is 20.0 Å². The van der Waals surface area contributed by atoms with Crippen molar-refractivity contribution in [3.63, 3.8) is 0 Å². The summed E-state index contributed by atoms with van der Waals surface area (Å²) in [6, 6.07) is 1.97. The van der Waals surface area contributed by atoms with Gasteiger partial charge in [0.15, 0.2) is 5.96 Å². The summed E-state index contributed by atoms with van der Waals surface area (Å²) in [5.41, 5.74) is 0. The molecule has 2 heterocycles. The zero-order chi connectivity index (χ0) is 14.5. The maximum absolute atomic E-state index is 4.47. The van der Waals surface area contributed by atoms with Crippen LogP contribution in [0.3, 0.4) is 0 Å². The summed E-state index contributed by atoms with van der Waals surface area (Å²) in [5, 5.41) is 7.75. The third kappa shape index (κ3) is 3.57. The van der Waals surface area contributed by atoms with E-state index in [-0.39, 0.29) is 0 Å². The topological polar surface area (TPSA) is 45.5 Å². The van der Waals surface area contributed by atoms with Gasteiger partial charge in [-0.3, -0.25) is 9.67 Å². The highest BCUT2D eigenvalue weighted by Gasteiger charge is 2.35. The summed E-state index contributed by atoms with van der Waals surface area (Å²) in [6.07, 6.45) is 10.6. The fraction of sp³-hybridized carbons (Fsp3) is 0.750. The van der Waals surface area contributed by atoms with Crippen LogP contribution in [-0.4, -0.2) is 47.3 Å². The summed E-state index contributed by atoms with van der Waals surface area (Å²) in [6.45, 7) is 4.31.